The molecule has 2 bridgehead atoms. The molecule has 0 saturated heterocycles. The summed E-state index contributed by atoms with van der Waals surface area (Å²) in [6, 6.07) is 0.771. The number of hydrogen-bond donors (Lipinski definition) is 0. The average Bonchev–Trinajstić information content (AvgIpc) is 2.44. The highest BCUT2D eigenvalue weighted by atomic mass is 16.2. The zero-order valence-electron chi connectivity index (χ0n) is 8.78. The SMILES string of the molecule is Cn1c(=O)n2n(c1=O)C1[C@@H]3C4C5[C@@H]3C2[C@H]5[C@@H]41. The van der Waals surface area contributed by atoms with Gasteiger partial charge in [-0.2, -0.15) is 0 Å². The van der Waals surface area contributed by atoms with Crippen LogP contribution in [0.5, 0.6) is 0 Å². The highest BCUT2D eigenvalue weighted by Crippen LogP contribution is 2.91. The minimum atomic E-state index is -0.0919. The van der Waals surface area contributed by atoms with Gasteiger partial charge in [0.1, 0.15) is 0 Å². The van der Waals surface area contributed by atoms with Gasteiger partial charge in [0, 0.05) is 7.05 Å². The van der Waals surface area contributed by atoms with Crippen LogP contribution in [0.15, 0.2) is 9.59 Å². The van der Waals surface area contributed by atoms with Gasteiger partial charge in [0.25, 0.3) is 0 Å². The smallest absolute Gasteiger partial charge is 0.246 e. The Bertz CT molecular complexity index is 618. The molecule has 1 aromatic heterocycles. The fourth-order valence-electron chi connectivity index (χ4n) is 6.09. The summed E-state index contributed by atoms with van der Waals surface area (Å²) in [5, 5.41) is 0. The lowest BCUT2D eigenvalue weighted by Gasteiger charge is -2.91. The molecule has 4 fully saturated rings. The van der Waals surface area contributed by atoms with Crippen LogP contribution in [0.2, 0.25) is 0 Å². The van der Waals surface area contributed by atoms with Crippen molar-refractivity contribution in [3.63, 3.8) is 0 Å². The molecule has 0 spiro atoms. The molecule has 1 aromatic rings. The molecule has 0 radical (unpaired) electrons. The maximum absolute atomic E-state index is 12.0. The Kier molecular flexibility index (Phi) is 0.699. The van der Waals surface area contributed by atoms with Gasteiger partial charge in [-0.15, -0.1) is 0 Å². The van der Waals surface area contributed by atoms with Gasteiger partial charge in [-0.3, -0.25) is 0 Å². The summed E-state index contributed by atoms with van der Waals surface area (Å²) in [7, 11) is 1.60. The summed E-state index contributed by atoms with van der Waals surface area (Å²) in [4.78, 5) is 24.0. The third-order valence-corrected chi connectivity index (χ3v) is 6.45. The van der Waals surface area contributed by atoms with Crippen molar-refractivity contribution in [2.75, 3.05) is 0 Å². The molecule has 6 aliphatic rings. The lowest BCUT2D eigenvalue weighted by Crippen LogP contribution is -2.91. The Labute approximate surface area is 90.3 Å². The minimum absolute atomic E-state index is 0.0919. The third-order valence-electron chi connectivity index (χ3n) is 6.45. The summed E-state index contributed by atoms with van der Waals surface area (Å²) in [5.74, 6) is 4.89. The van der Waals surface area contributed by atoms with E-state index in [9.17, 15) is 9.59 Å². The predicted molar refractivity (Wildman–Crippen MR) is 52.9 cm³/mol. The predicted octanol–water partition coefficient (Wildman–Crippen LogP) is -0.804. The highest BCUT2D eigenvalue weighted by molar-refractivity contribution is 5.37. The van der Waals surface area contributed by atoms with Crippen LogP contribution in [0, 0.1) is 35.5 Å². The lowest BCUT2D eigenvalue weighted by atomic mass is 9.16. The molecule has 8 atom stereocenters. The van der Waals surface area contributed by atoms with E-state index in [0.717, 1.165) is 35.5 Å². The Hall–Kier alpha value is -1.26. The standard InChI is InChI=1S/C11H11N3O2/c1-12-10(15)13-8-4-2-3-6(4)9(7(3)5(2)8)14(13)11(12)16/h2-9H,1H3/t2?,3?,4-,5-,6-,7+,8?,9?/m1/s1. The van der Waals surface area contributed by atoms with Gasteiger partial charge in [0.05, 0.1) is 12.1 Å². The van der Waals surface area contributed by atoms with Crippen LogP contribution in [0.1, 0.15) is 12.1 Å². The van der Waals surface area contributed by atoms with Gasteiger partial charge in [0.15, 0.2) is 0 Å². The topological polar surface area (TPSA) is 48.9 Å². The van der Waals surface area contributed by atoms with Crippen molar-refractivity contribution in [3.05, 3.63) is 21.0 Å². The molecular weight excluding hydrogens is 206 g/mol. The quantitative estimate of drug-likeness (QED) is 0.571. The van der Waals surface area contributed by atoms with Crippen molar-refractivity contribution in [2.24, 2.45) is 42.6 Å². The van der Waals surface area contributed by atoms with Crippen molar-refractivity contribution >= 4 is 0 Å². The summed E-state index contributed by atoms with van der Waals surface area (Å²) in [5.41, 5.74) is -0.184. The summed E-state index contributed by atoms with van der Waals surface area (Å²) in [6.45, 7) is 0. The molecule has 4 unspecified atom stereocenters. The second kappa shape index (κ2) is 1.57. The molecule has 5 nitrogen and oxygen atoms in total. The molecule has 0 aromatic carbocycles. The Morgan fingerprint density at radius 3 is 1.50 bits per heavy atom. The van der Waals surface area contributed by atoms with Gasteiger partial charge in [-0.05, 0) is 35.5 Å². The van der Waals surface area contributed by atoms with E-state index in [4.69, 9.17) is 0 Å². The van der Waals surface area contributed by atoms with Crippen LogP contribution in [0.3, 0.4) is 0 Å². The maximum atomic E-state index is 12.0. The second-order valence-electron chi connectivity index (χ2n) is 6.26. The van der Waals surface area contributed by atoms with E-state index < -0.39 is 0 Å². The molecule has 0 N–H and O–H groups in total. The van der Waals surface area contributed by atoms with Crippen LogP contribution in [0.25, 0.3) is 0 Å². The second-order valence-corrected chi connectivity index (χ2v) is 6.26. The molecule has 16 heavy (non-hydrogen) atoms. The van der Waals surface area contributed by atoms with Crippen molar-refractivity contribution in [1.82, 2.24) is 13.9 Å². The Morgan fingerprint density at radius 2 is 1.12 bits per heavy atom. The van der Waals surface area contributed by atoms with E-state index in [2.05, 4.69) is 0 Å². The normalized spacial score (nSPS) is 60.1. The monoisotopic (exact) mass is 217 g/mol. The van der Waals surface area contributed by atoms with Gasteiger partial charge in [-0.25, -0.2) is 23.5 Å². The summed E-state index contributed by atoms with van der Waals surface area (Å²) >= 11 is 0. The van der Waals surface area contributed by atoms with Crippen LogP contribution in [-0.2, 0) is 7.05 Å². The zero-order valence-corrected chi connectivity index (χ0v) is 8.78. The zero-order chi connectivity index (χ0) is 10.5. The Morgan fingerprint density at radius 1 is 0.750 bits per heavy atom. The van der Waals surface area contributed by atoms with E-state index in [1.165, 1.54) is 4.57 Å². The first kappa shape index (κ1) is 7.14. The molecule has 3 heterocycles. The van der Waals surface area contributed by atoms with Gasteiger partial charge >= 0.3 is 11.4 Å². The van der Waals surface area contributed by atoms with Crippen molar-refractivity contribution in [3.8, 4) is 0 Å². The van der Waals surface area contributed by atoms with Crippen molar-refractivity contribution in [2.45, 2.75) is 12.1 Å². The number of hydrogen-bond acceptors (Lipinski definition) is 2. The van der Waals surface area contributed by atoms with E-state index in [1.807, 2.05) is 0 Å². The highest BCUT2D eigenvalue weighted by Gasteiger charge is 2.90. The maximum Gasteiger partial charge on any atom is 0.347 e. The molecular formula is C11H11N3O2. The number of aromatic nitrogens is 3. The van der Waals surface area contributed by atoms with Gasteiger partial charge in [0.2, 0.25) is 0 Å². The third kappa shape index (κ3) is 0.351. The van der Waals surface area contributed by atoms with E-state index in [1.54, 1.807) is 16.4 Å². The lowest BCUT2D eigenvalue weighted by molar-refractivity contribution is -0.450. The molecule has 7 rings (SSSR count). The number of nitrogens with zero attached hydrogens (tertiary/aromatic N) is 3. The minimum Gasteiger partial charge on any atom is -0.246 e. The van der Waals surface area contributed by atoms with Gasteiger partial charge in [-0.1, -0.05) is 0 Å². The summed E-state index contributed by atoms with van der Waals surface area (Å²) < 4.78 is 4.87. The van der Waals surface area contributed by atoms with Crippen molar-refractivity contribution < 1.29 is 0 Å². The molecule has 4 aliphatic carbocycles. The van der Waals surface area contributed by atoms with Crippen LogP contribution in [-0.4, -0.2) is 13.9 Å². The molecule has 82 valence electrons. The average molecular weight is 217 g/mol. The first-order valence-electron chi connectivity index (χ1n) is 6.13. The van der Waals surface area contributed by atoms with Crippen LogP contribution >= 0.6 is 0 Å². The molecule has 2 aliphatic heterocycles. The Balaban J connectivity index is 1.81. The first-order chi connectivity index (χ1) is 7.73. The van der Waals surface area contributed by atoms with E-state index in [-0.39, 0.29) is 11.4 Å². The fraction of sp³-hybridized carbons (Fsp3) is 0.818. The largest absolute Gasteiger partial charge is 0.347 e. The van der Waals surface area contributed by atoms with E-state index >= 15 is 0 Å². The molecule has 4 saturated carbocycles. The number of rotatable bonds is 0. The van der Waals surface area contributed by atoms with Crippen LogP contribution < -0.4 is 11.4 Å². The molecule has 5 heteroatoms. The van der Waals surface area contributed by atoms with Gasteiger partial charge < -0.3 is 0 Å². The van der Waals surface area contributed by atoms with E-state index in [0.29, 0.717) is 12.1 Å². The molecule has 0 amide bonds. The first-order valence-corrected chi connectivity index (χ1v) is 6.13. The van der Waals surface area contributed by atoms with Crippen LogP contribution in [0.4, 0.5) is 0 Å². The fourth-order valence-corrected chi connectivity index (χ4v) is 6.09. The summed E-state index contributed by atoms with van der Waals surface area (Å²) in [6.07, 6.45) is 0. The van der Waals surface area contributed by atoms with Crippen molar-refractivity contribution in [1.29, 1.82) is 0 Å².